The van der Waals surface area contributed by atoms with Crippen LogP contribution in [0.2, 0.25) is 0 Å². The van der Waals surface area contributed by atoms with Crippen LogP contribution in [0.1, 0.15) is 18.4 Å². The largest absolute Gasteiger partial charge is 0.508 e. The molecule has 2 N–H and O–H groups in total. The van der Waals surface area contributed by atoms with Gasteiger partial charge in [-0.25, -0.2) is 0 Å². The van der Waals surface area contributed by atoms with Crippen LogP contribution in [0.15, 0.2) is 54.6 Å². The molecule has 130 valence electrons. The van der Waals surface area contributed by atoms with Gasteiger partial charge in [0.1, 0.15) is 5.75 Å². The van der Waals surface area contributed by atoms with Gasteiger partial charge in [0, 0.05) is 17.7 Å². The molecule has 4 nitrogen and oxygen atoms in total. The molecule has 5 heteroatoms. The highest BCUT2D eigenvalue weighted by Crippen LogP contribution is 2.26. The van der Waals surface area contributed by atoms with E-state index >= 15 is 0 Å². The van der Waals surface area contributed by atoms with Crippen molar-refractivity contribution in [2.75, 3.05) is 13.1 Å². The number of hydrogen-bond acceptors (Lipinski definition) is 3. The molecule has 1 aliphatic rings. The number of phenolic OH excluding ortho intramolecular Hbond substituents is 1. The van der Waals surface area contributed by atoms with Crippen LogP contribution >= 0.6 is 12.4 Å². The minimum absolute atomic E-state index is 0. The first kappa shape index (κ1) is 17.5. The zero-order chi connectivity index (χ0) is 16.4. The van der Waals surface area contributed by atoms with Gasteiger partial charge in [-0.05, 0) is 55.8 Å². The monoisotopic (exact) mass is 355 g/mol. The van der Waals surface area contributed by atoms with Gasteiger partial charge in [-0.1, -0.05) is 30.3 Å². The van der Waals surface area contributed by atoms with E-state index < -0.39 is 0 Å². The second-order valence-electron chi connectivity index (χ2n) is 6.40. The molecule has 1 fully saturated rings. The lowest BCUT2D eigenvalue weighted by molar-refractivity contribution is 0.331. The molecular formula is C20H22ClN3O. The van der Waals surface area contributed by atoms with Crippen molar-refractivity contribution >= 4 is 12.4 Å². The Morgan fingerprint density at radius 3 is 2.52 bits per heavy atom. The van der Waals surface area contributed by atoms with E-state index in [0.29, 0.717) is 0 Å². The van der Waals surface area contributed by atoms with E-state index in [-0.39, 0.29) is 18.2 Å². The Bertz CT molecular complexity index is 840. The van der Waals surface area contributed by atoms with Gasteiger partial charge in [-0.3, -0.25) is 10.00 Å². The topological polar surface area (TPSA) is 52.1 Å². The third kappa shape index (κ3) is 4.03. The summed E-state index contributed by atoms with van der Waals surface area (Å²) < 4.78 is 0. The predicted molar refractivity (Wildman–Crippen MR) is 103 cm³/mol. The van der Waals surface area contributed by atoms with Gasteiger partial charge in [0.25, 0.3) is 0 Å². The van der Waals surface area contributed by atoms with Gasteiger partial charge < -0.3 is 5.11 Å². The lowest BCUT2D eigenvalue weighted by Gasteiger charge is -2.14. The number of benzene rings is 2. The van der Waals surface area contributed by atoms with Gasteiger partial charge in [0.2, 0.25) is 0 Å². The van der Waals surface area contributed by atoms with Crippen LogP contribution < -0.4 is 0 Å². The molecule has 0 atom stereocenters. The maximum absolute atomic E-state index is 9.63. The number of likely N-dealkylation sites (tertiary alicyclic amines) is 1. The van der Waals surface area contributed by atoms with Gasteiger partial charge in [0.05, 0.1) is 11.4 Å². The third-order valence-electron chi connectivity index (χ3n) is 4.56. The highest BCUT2D eigenvalue weighted by molar-refractivity contribution is 5.85. The normalized spacial score (nSPS) is 14.4. The number of hydrogen-bond donors (Lipinski definition) is 2. The van der Waals surface area contributed by atoms with Crippen molar-refractivity contribution in [3.05, 3.63) is 60.2 Å². The molecule has 0 unspecified atom stereocenters. The molecule has 1 aliphatic heterocycles. The standard InChI is InChI=1S/C20H21N3O.ClH/c24-18-8-4-7-17(12-18)20-13-19(21-22-20)16-6-3-5-15(11-16)14-23-9-1-2-10-23;/h3-8,11-13,24H,1-2,9-10,14H2,(H,21,22);1H. The fourth-order valence-corrected chi connectivity index (χ4v) is 3.32. The maximum atomic E-state index is 9.63. The van der Waals surface area contributed by atoms with Crippen LogP contribution in [-0.4, -0.2) is 33.3 Å². The van der Waals surface area contributed by atoms with E-state index in [1.54, 1.807) is 12.1 Å². The molecule has 25 heavy (non-hydrogen) atoms. The number of rotatable bonds is 4. The van der Waals surface area contributed by atoms with E-state index in [0.717, 1.165) is 29.1 Å². The molecule has 0 saturated carbocycles. The summed E-state index contributed by atoms with van der Waals surface area (Å²) in [4.78, 5) is 2.50. The Morgan fingerprint density at radius 1 is 0.960 bits per heavy atom. The van der Waals surface area contributed by atoms with Gasteiger partial charge in [-0.15, -0.1) is 12.4 Å². The van der Waals surface area contributed by atoms with Gasteiger partial charge in [0.15, 0.2) is 0 Å². The first-order valence-corrected chi connectivity index (χ1v) is 8.44. The summed E-state index contributed by atoms with van der Waals surface area (Å²) in [5.74, 6) is 0.260. The van der Waals surface area contributed by atoms with Crippen LogP contribution in [-0.2, 0) is 6.54 Å². The number of halogens is 1. The third-order valence-corrected chi connectivity index (χ3v) is 4.56. The molecule has 1 saturated heterocycles. The lowest BCUT2D eigenvalue weighted by atomic mass is 10.1. The van der Waals surface area contributed by atoms with E-state index in [2.05, 4.69) is 39.4 Å². The summed E-state index contributed by atoms with van der Waals surface area (Å²) in [5.41, 5.74) is 5.22. The first-order chi connectivity index (χ1) is 11.8. The van der Waals surface area contributed by atoms with E-state index in [1.807, 2.05) is 18.2 Å². The second kappa shape index (κ2) is 7.72. The summed E-state index contributed by atoms with van der Waals surface area (Å²) in [6.45, 7) is 3.42. The zero-order valence-corrected chi connectivity index (χ0v) is 14.8. The van der Waals surface area contributed by atoms with Crippen LogP contribution in [0.25, 0.3) is 22.5 Å². The van der Waals surface area contributed by atoms with E-state index in [1.165, 1.54) is 31.5 Å². The Kier molecular flexibility index (Phi) is 5.41. The number of aromatic hydroxyl groups is 1. The number of H-pyrrole nitrogens is 1. The SMILES string of the molecule is Cl.Oc1cccc(-c2cc(-c3cccc(CN4CCCC4)c3)n[nH]2)c1. The first-order valence-electron chi connectivity index (χ1n) is 8.44. The van der Waals surface area contributed by atoms with Gasteiger partial charge >= 0.3 is 0 Å². The molecule has 1 aromatic heterocycles. The van der Waals surface area contributed by atoms with Crippen LogP contribution in [0.4, 0.5) is 0 Å². The van der Waals surface area contributed by atoms with Crippen LogP contribution in [0, 0.1) is 0 Å². The van der Waals surface area contributed by atoms with E-state index in [9.17, 15) is 5.11 Å². The summed E-state index contributed by atoms with van der Waals surface area (Å²) in [6.07, 6.45) is 2.62. The van der Waals surface area contributed by atoms with Crippen molar-refractivity contribution in [1.29, 1.82) is 0 Å². The summed E-state index contributed by atoms with van der Waals surface area (Å²) in [6, 6.07) is 17.8. The molecule has 3 aromatic rings. The van der Waals surface area contributed by atoms with Crippen molar-refractivity contribution in [1.82, 2.24) is 15.1 Å². The molecule has 2 heterocycles. The van der Waals surface area contributed by atoms with Crippen molar-refractivity contribution in [3.63, 3.8) is 0 Å². The fraction of sp³-hybridized carbons (Fsp3) is 0.250. The van der Waals surface area contributed by atoms with Gasteiger partial charge in [-0.2, -0.15) is 5.10 Å². The second-order valence-corrected chi connectivity index (χ2v) is 6.40. The number of nitrogens with zero attached hydrogens (tertiary/aromatic N) is 2. The number of aromatic amines is 1. The fourth-order valence-electron chi connectivity index (χ4n) is 3.32. The molecule has 0 amide bonds. The summed E-state index contributed by atoms with van der Waals surface area (Å²) >= 11 is 0. The van der Waals surface area contributed by atoms with Crippen molar-refractivity contribution in [2.45, 2.75) is 19.4 Å². The van der Waals surface area contributed by atoms with Crippen LogP contribution in [0.3, 0.4) is 0 Å². The average molecular weight is 356 g/mol. The molecular weight excluding hydrogens is 334 g/mol. The number of aromatic nitrogens is 2. The quantitative estimate of drug-likeness (QED) is 0.726. The smallest absolute Gasteiger partial charge is 0.116 e. The number of phenols is 1. The Labute approximate surface area is 153 Å². The Balaban J connectivity index is 0.00000182. The predicted octanol–water partition coefficient (Wildman–Crippen LogP) is 4.47. The molecule has 0 bridgehead atoms. The summed E-state index contributed by atoms with van der Waals surface area (Å²) in [5, 5.41) is 17.1. The highest BCUT2D eigenvalue weighted by Gasteiger charge is 2.12. The summed E-state index contributed by atoms with van der Waals surface area (Å²) in [7, 11) is 0. The minimum Gasteiger partial charge on any atom is -0.508 e. The molecule has 0 radical (unpaired) electrons. The minimum atomic E-state index is 0. The Morgan fingerprint density at radius 2 is 1.72 bits per heavy atom. The highest BCUT2D eigenvalue weighted by atomic mass is 35.5. The molecule has 0 spiro atoms. The number of nitrogens with one attached hydrogen (secondary N) is 1. The van der Waals surface area contributed by atoms with E-state index in [4.69, 9.17) is 0 Å². The molecule has 0 aliphatic carbocycles. The molecule has 4 rings (SSSR count). The lowest BCUT2D eigenvalue weighted by Crippen LogP contribution is -2.18. The molecule has 2 aromatic carbocycles. The van der Waals surface area contributed by atoms with Crippen molar-refractivity contribution < 1.29 is 5.11 Å². The Hall–Kier alpha value is -2.30. The van der Waals surface area contributed by atoms with Crippen LogP contribution in [0.5, 0.6) is 5.75 Å². The zero-order valence-electron chi connectivity index (χ0n) is 14.0. The van der Waals surface area contributed by atoms with Crippen molar-refractivity contribution in [3.8, 4) is 28.3 Å². The maximum Gasteiger partial charge on any atom is 0.116 e. The van der Waals surface area contributed by atoms with Crippen molar-refractivity contribution in [2.24, 2.45) is 0 Å². The average Bonchev–Trinajstić information content (AvgIpc) is 3.27.